The number of aliphatic hydroxyl groups is 1. The highest BCUT2D eigenvalue weighted by Crippen LogP contribution is 2.22. The number of likely N-dealkylation sites (tertiary alicyclic amines) is 1. The van der Waals surface area contributed by atoms with Gasteiger partial charge in [0.15, 0.2) is 0 Å². The molecule has 0 aromatic carbocycles. The van der Waals surface area contributed by atoms with Gasteiger partial charge in [-0.3, -0.25) is 4.79 Å². The molecule has 0 spiro atoms. The molecule has 1 fully saturated rings. The van der Waals surface area contributed by atoms with E-state index in [-0.39, 0.29) is 5.91 Å². The van der Waals surface area contributed by atoms with E-state index in [4.69, 9.17) is 0 Å². The topological polar surface area (TPSA) is 52.6 Å². The summed E-state index contributed by atoms with van der Waals surface area (Å²) in [5.41, 5.74) is -0.622. The van der Waals surface area contributed by atoms with Gasteiger partial charge in [0, 0.05) is 26.1 Å². The van der Waals surface area contributed by atoms with E-state index in [1.165, 1.54) is 0 Å². The highest BCUT2D eigenvalue weighted by atomic mass is 16.3. The van der Waals surface area contributed by atoms with Crippen LogP contribution in [0.1, 0.15) is 33.1 Å². The zero-order chi connectivity index (χ0) is 12.2. The predicted octanol–water partition coefficient (Wildman–Crippen LogP) is 0.605. The lowest BCUT2D eigenvalue weighted by Gasteiger charge is -2.38. The van der Waals surface area contributed by atoms with E-state index in [0.29, 0.717) is 44.8 Å². The Balaban J connectivity index is 2.39. The van der Waals surface area contributed by atoms with Crippen LogP contribution in [0.2, 0.25) is 0 Å². The summed E-state index contributed by atoms with van der Waals surface area (Å²) in [6, 6.07) is 0. The zero-order valence-corrected chi connectivity index (χ0v) is 10.6. The molecule has 0 aromatic rings. The number of carbonyl (C=O) groups is 1. The molecule has 1 saturated heterocycles. The first-order valence-corrected chi connectivity index (χ1v) is 6.11. The monoisotopic (exact) mass is 228 g/mol. The Kier molecular flexibility index (Phi) is 4.74. The van der Waals surface area contributed by atoms with E-state index in [0.717, 1.165) is 0 Å². The molecular formula is C12H24N2O2. The van der Waals surface area contributed by atoms with Gasteiger partial charge in [-0.15, -0.1) is 0 Å². The highest BCUT2D eigenvalue weighted by molar-refractivity contribution is 5.76. The first kappa shape index (κ1) is 13.5. The van der Waals surface area contributed by atoms with Crippen molar-refractivity contribution in [2.24, 2.45) is 5.92 Å². The molecule has 1 rings (SSSR count). The first-order valence-electron chi connectivity index (χ1n) is 6.11. The lowest BCUT2D eigenvalue weighted by molar-refractivity contribution is -0.136. The van der Waals surface area contributed by atoms with Crippen molar-refractivity contribution >= 4 is 5.91 Å². The van der Waals surface area contributed by atoms with E-state index < -0.39 is 5.60 Å². The van der Waals surface area contributed by atoms with E-state index in [1.807, 2.05) is 11.9 Å². The molecule has 1 heterocycles. The van der Waals surface area contributed by atoms with Gasteiger partial charge in [0.1, 0.15) is 0 Å². The molecule has 0 saturated carbocycles. The fourth-order valence-corrected chi connectivity index (χ4v) is 2.16. The standard InChI is InChI=1S/C12H24N2O2/c1-10(2)8-11(15)14-6-4-12(16,5-7-14)9-13-3/h10,13,16H,4-9H2,1-3H3. The number of hydrogen-bond acceptors (Lipinski definition) is 3. The van der Waals surface area contributed by atoms with Gasteiger partial charge in [-0.2, -0.15) is 0 Å². The Labute approximate surface area is 98.0 Å². The third-order valence-corrected chi connectivity index (χ3v) is 3.14. The molecule has 2 N–H and O–H groups in total. The Morgan fingerprint density at radius 2 is 2.00 bits per heavy atom. The van der Waals surface area contributed by atoms with E-state index >= 15 is 0 Å². The van der Waals surface area contributed by atoms with Crippen molar-refractivity contribution in [3.63, 3.8) is 0 Å². The average Bonchev–Trinajstić information content (AvgIpc) is 2.17. The number of nitrogens with zero attached hydrogens (tertiary/aromatic N) is 1. The maximum absolute atomic E-state index is 11.8. The van der Waals surface area contributed by atoms with Gasteiger partial charge in [-0.05, 0) is 25.8 Å². The number of carbonyl (C=O) groups excluding carboxylic acids is 1. The van der Waals surface area contributed by atoms with Crippen LogP contribution in [0.25, 0.3) is 0 Å². The van der Waals surface area contributed by atoms with Gasteiger partial charge in [0.25, 0.3) is 0 Å². The molecule has 0 radical (unpaired) electrons. The Bertz CT molecular complexity index is 233. The number of hydrogen-bond donors (Lipinski definition) is 2. The van der Waals surface area contributed by atoms with Crippen LogP contribution in [0.5, 0.6) is 0 Å². The molecule has 0 bridgehead atoms. The number of rotatable bonds is 4. The Hall–Kier alpha value is -0.610. The molecular weight excluding hydrogens is 204 g/mol. The van der Waals surface area contributed by atoms with Crippen LogP contribution in [0.15, 0.2) is 0 Å². The third kappa shape index (κ3) is 3.76. The van der Waals surface area contributed by atoms with Gasteiger partial charge in [0.2, 0.25) is 5.91 Å². The highest BCUT2D eigenvalue weighted by Gasteiger charge is 2.33. The minimum atomic E-state index is -0.622. The fraction of sp³-hybridized carbons (Fsp3) is 0.917. The summed E-state index contributed by atoms with van der Waals surface area (Å²) in [6.07, 6.45) is 1.97. The average molecular weight is 228 g/mol. The zero-order valence-electron chi connectivity index (χ0n) is 10.6. The molecule has 0 aromatic heterocycles. The van der Waals surface area contributed by atoms with Crippen LogP contribution >= 0.6 is 0 Å². The Morgan fingerprint density at radius 3 is 2.44 bits per heavy atom. The normalized spacial score (nSPS) is 20.2. The van der Waals surface area contributed by atoms with Crippen molar-refractivity contribution in [2.75, 3.05) is 26.7 Å². The van der Waals surface area contributed by atoms with Crippen molar-refractivity contribution in [3.8, 4) is 0 Å². The van der Waals surface area contributed by atoms with Gasteiger partial charge in [-0.25, -0.2) is 0 Å². The maximum Gasteiger partial charge on any atom is 0.222 e. The maximum atomic E-state index is 11.8. The van der Waals surface area contributed by atoms with Crippen LogP contribution < -0.4 is 5.32 Å². The molecule has 1 aliphatic heterocycles. The van der Waals surface area contributed by atoms with E-state index in [9.17, 15) is 9.90 Å². The summed E-state index contributed by atoms with van der Waals surface area (Å²) < 4.78 is 0. The van der Waals surface area contributed by atoms with Crippen molar-refractivity contribution in [3.05, 3.63) is 0 Å². The third-order valence-electron chi connectivity index (χ3n) is 3.14. The minimum absolute atomic E-state index is 0.224. The number of amides is 1. The van der Waals surface area contributed by atoms with Gasteiger partial charge in [-0.1, -0.05) is 13.8 Å². The molecule has 1 amide bonds. The number of piperidine rings is 1. The molecule has 1 aliphatic rings. The first-order chi connectivity index (χ1) is 7.47. The van der Waals surface area contributed by atoms with Crippen molar-refractivity contribution < 1.29 is 9.90 Å². The SMILES string of the molecule is CNCC1(O)CCN(C(=O)CC(C)C)CC1. The number of likely N-dealkylation sites (N-methyl/N-ethyl adjacent to an activating group) is 1. The summed E-state index contributed by atoms with van der Waals surface area (Å²) in [5, 5.41) is 13.2. The Morgan fingerprint density at radius 1 is 1.44 bits per heavy atom. The largest absolute Gasteiger partial charge is 0.388 e. The molecule has 16 heavy (non-hydrogen) atoms. The lowest BCUT2D eigenvalue weighted by atomic mass is 9.91. The molecule has 0 aliphatic carbocycles. The molecule has 94 valence electrons. The van der Waals surface area contributed by atoms with Crippen LogP contribution in [0.4, 0.5) is 0 Å². The quantitative estimate of drug-likeness (QED) is 0.741. The van der Waals surface area contributed by atoms with Crippen molar-refractivity contribution in [2.45, 2.75) is 38.7 Å². The smallest absolute Gasteiger partial charge is 0.222 e. The summed E-state index contributed by atoms with van der Waals surface area (Å²) >= 11 is 0. The van der Waals surface area contributed by atoms with E-state index in [2.05, 4.69) is 19.2 Å². The van der Waals surface area contributed by atoms with Crippen molar-refractivity contribution in [1.29, 1.82) is 0 Å². The fourth-order valence-electron chi connectivity index (χ4n) is 2.16. The van der Waals surface area contributed by atoms with Gasteiger partial charge < -0.3 is 15.3 Å². The van der Waals surface area contributed by atoms with E-state index in [1.54, 1.807) is 0 Å². The minimum Gasteiger partial charge on any atom is -0.388 e. The second-order valence-corrected chi connectivity index (χ2v) is 5.23. The predicted molar refractivity (Wildman–Crippen MR) is 64.1 cm³/mol. The van der Waals surface area contributed by atoms with Crippen LogP contribution in [-0.4, -0.2) is 48.2 Å². The molecule has 4 nitrogen and oxygen atoms in total. The lowest BCUT2D eigenvalue weighted by Crippen LogP contribution is -2.50. The summed E-state index contributed by atoms with van der Waals surface area (Å²) in [5.74, 6) is 0.632. The molecule has 4 heteroatoms. The van der Waals surface area contributed by atoms with Crippen LogP contribution in [-0.2, 0) is 4.79 Å². The second-order valence-electron chi connectivity index (χ2n) is 5.23. The summed E-state index contributed by atoms with van der Waals surface area (Å²) in [6.45, 7) is 6.09. The summed E-state index contributed by atoms with van der Waals surface area (Å²) in [7, 11) is 1.84. The number of nitrogens with one attached hydrogen (secondary N) is 1. The van der Waals surface area contributed by atoms with Gasteiger partial charge >= 0.3 is 0 Å². The van der Waals surface area contributed by atoms with Crippen molar-refractivity contribution in [1.82, 2.24) is 10.2 Å². The van der Waals surface area contributed by atoms with Crippen LogP contribution in [0.3, 0.4) is 0 Å². The van der Waals surface area contributed by atoms with Crippen LogP contribution in [0, 0.1) is 5.92 Å². The molecule has 0 unspecified atom stereocenters. The van der Waals surface area contributed by atoms with Gasteiger partial charge in [0.05, 0.1) is 5.60 Å². The second kappa shape index (κ2) is 5.64. The summed E-state index contributed by atoms with van der Waals surface area (Å²) in [4.78, 5) is 13.7. The molecule has 0 atom stereocenters.